The van der Waals surface area contributed by atoms with Gasteiger partial charge in [0.05, 0.1) is 5.70 Å². The van der Waals surface area contributed by atoms with Gasteiger partial charge in [0.25, 0.3) is 0 Å². The Hall–Kier alpha value is -1.44. The Bertz CT molecular complexity index is 351. The summed E-state index contributed by atoms with van der Waals surface area (Å²) >= 11 is 0. The third kappa shape index (κ3) is 2.80. The Morgan fingerprint density at radius 1 is 1.43 bits per heavy atom. The van der Waals surface area contributed by atoms with E-state index in [2.05, 4.69) is 22.6 Å². The smallest absolute Gasteiger partial charge is 0.0611 e. The average Bonchev–Trinajstić information content (AvgIpc) is 2.28. The van der Waals surface area contributed by atoms with Gasteiger partial charge in [-0.2, -0.15) is 0 Å². The second kappa shape index (κ2) is 4.70. The molecule has 0 unspecified atom stereocenters. The highest BCUT2D eigenvalue weighted by atomic mass is 14.8. The molecule has 0 aromatic carbocycles. The second-order valence-electron chi connectivity index (χ2n) is 3.48. The van der Waals surface area contributed by atoms with E-state index < -0.39 is 0 Å². The zero-order chi connectivity index (χ0) is 10.6. The van der Waals surface area contributed by atoms with E-state index in [1.165, 1.54) is 0 Å². The van der Waals surface area contributed by atoms with Gasteiger partial charge in [-0.15, -0.1) is 0 Å². The normalized spacial score (nSPS) is 19.2. The maximum atomic E-state index is 4.42. The van der Waals surface area contributed by atoms with Gasteiger partial charge in [-0.05, 0) is 33.3 Å². The Morgan fingerprint density at radius 2 is 2.14 bits per heavy atom. The van der Waals surface area contributed by atoms with Crippen LogP contribution in [0.1, 0.15) is 27.2 Å². The van der Waals surface area contributed by atoms with Crippen molar-refractivity contribution in [3.8, 4) is 0 Å². The number of hydrogen-bond donors (Lipinski definition) is 0. The summed E-state index contributed by atoms with van der Waals surface area (Å²) in [4.78, 5) is 8.62. The highest BCUT2D eigenvalue weighted by molar-refractivity contribution is 5.80. The summed E-state index contributed by atoms with van der Waals surface area (Å²) < 4.78 is 0. The molecule has 2 nitrogen and oxygen atoms in total. The highest BCUT2D eigenvalue weighted by Gasteiger charge is 2.05. The summed E-state index contributed by atoms with van der Waals surface area (Å²) in [5.41, 5.74) is 4.01. The second-order valence-corrected chi connectivity index (χ2v) is 3.48. The van der Waals surface area contributed by atoms with Crippen molar-refractivity contribution in [1.82, 2.24) is 0 Å². The molecule has 0 N–H and O–H groups in total. The fourth-order valence-electron chi connectivity index (χ4n) is 1.33. The molecule has 0 aliphatic carbocycles. The predicted octanol–water partition coefficient (Wildman–Crippen LogP) is 3.29. The van der Waals surface area contributed by atoms with E-state index in [-0.39, 0.29) is 0 Å². The third-order valence-corrected chi connectivity index (χ3v) is 1.95. The van der Waals surface area contributed by atoms with E-state index in [0.717, 1.165) is 29.1 Å². The third-order valence-electron chi connectivity index (χ3n) is 1.95. The maximum absolute atomic E-state index is 4.42. The molecular formula is C12H16N2. The topological polar surface area (TPSA) is 24.7 Å². The lowest BCUT2D eigenvalue weighted by Crippen LogP contribution is -1.90. The van der Waals surface area contributed by atoms with Crippen LogP contribution in [0, 0.1) is 0 Å². The summed E-state index contributed by atoms with van der Waals surface area (Å²) in [7, 11) is 0. The van der Waals surface area contributed by atoms with Crippen molar-refractivity contribution in [2.45, 2.75) is 27.2 Å². The van der Waals surface area contributed by atoms with E-state index in [4.69, 9.17) is 0 Å². The molecule has 74 valence electrons. The molecule has 1 rings (SSSR count). The predicted molar refractivity (Wildman–Crippen MR) is 62.9 cm³/mol. The molecule has 0 fully saturated rings. The summed E-state index contributed by atoms with van der Waals surface area (Å²) in [5.74, 6) is 0. The number of nitrogens with zero attached hydrogens (tertiary/aromatic N) is 2. The van der Waals surface area contributed by atoms with Crippen LogP contribution in [0.5, 0.6) is 0 Å². The first-order chi connectivity index (χ1) is 6.61. The minimum Gasteiger partial charge on any atom is -0.263 e. The molecule has 0 spiro atoms. The van der Waals surface area contributed by atoms with Crippen LogP contribution < -0.4 is 0 Å². The van der Waals surface area contributed by atoms with Crippen molar-refractivity contribution in [3.05, 3.63) is 35.7 Å². The van der Waals surface area contributed by atoms with Crippen LogP contribution in [-0.4, -0.2) is 11.9 Å². The van der Waals surface area contributed by atoms with Gasteiger partial charge in [0.15, 0.2) is 0 Å². The molecule has 0 bridgehead atoms. The lowest BCUT2D eigenvalue weighted by Gasteiger charge is -2.05. The molecule has 0 saturated heterocycles. The number of allylic oxidation sites excluding steroid dienone is 4. The SMILES string of the molecule is C=C1N=CC=CC/C1=C(\C)N=C(C)C. The lowest BCUT2D eigenvalue weighted by molar-refractivity contribution is 1.11. The minimum atomic E-state index is 0.817. The zero-order valence-corrected chi connectivity index (χ0v) is 9.04. The summed E-state index contributed by atoms with van der Waals surface area (Å²) in [5, 5.41) is 0. The summed E-state index contributed by atoms with van der Waals surface area (Å²) in [6, 6.07) is 0. The van der Waals surface area contributed by atoms with Crippen molar-refractivity contribution in [2.24, 2.45) is 9.98 Å². The molecule has 0 aromatic heterocycles. The monoisotopic (exact) mass is 188 g/mol. The zero-order valence-electron chi connectivity index (χ0n) is 9.04. The Balaban J connectivity index is 3.05. The van der Waals surface area contributed by atoms with Gasteiger partial charge in [0, 0.05) is 23.2 Å². The Labute approximate surface area is 85.5 Å². The van der Waals surface area contributed by atoms with E-state index in [0.29, 0.717) is 0 Å². The maximum Gasteiger partial charge on any atom is 0.0611 e. The van der Waals surface area contributed by atoms with Crippen molar-refractivity contribution in [3.63, 3.8) is 0 Å². The van der Waals surface area contributed by atoms with Crippen molar-refractivity contribution >= 4 is 11.9 Å². The number of aliphatic imine (C=N–C) groups is 2. The van der Waals surface area contributed by atoms with Gasteiger partial charge in [0.1, 0.15) is 0 Å². The van der Waals surface area contributed by atoms with Gasteiger partial charge < -0.3 is 0 Å². The Morgan fingerprint density at radius 3 is 2.79 bits per heavy atom. The van der Waals surface area contributed by atoms with Crippen molar-refractivity contribution in [1.29, 1.82) is 0 Å². The van der Waals surface area contributed by atoms with Gasteiger partial charge in [-0.25, -0.2) is 0 Å². The van der Waals surface area contributed by atoms with Crippen LogP contribution >= 0.6 is 0 Å². The molecule has 2 heteroatoms. The summed E-state index contributed by atoms with van der Waals surface area (Å²) in [6.45, 7) is 9.90. The largest absolute Gasteiger partial charge is 0.263 e. The fourth-order valence-corrected chi connectivity index (χ4v) is 1.33. The number of rotatable bonds is 1. The van der Waals surface area contributed by atoms with Crippen LogP contribution in [-0.2, 0) is 0 Å². The molecule has 0 amide bonds. The first-order valence-corrected chi connectivity index (χ1v) is 4.71. The number of hydrogen-bond acceptors (Lipinski definition) is 2. The molecule has 0 aromatic rings. The van der Waals surface area contributed by atoms with Crippen molar-refractivity contribution in [2.75, 3.05) is 0 Å². The van der Waals surface area contributed by atoms with Gasteiger partial charge in [0.2, 0.25) is 0 Å². The van der Waals surface area contributed by atoms with Crippen LogP contribution in [0.15, 0.2) is 45.7 Å². The van der Waals surface area contributed by atoms with Crippen molar-refractivity contribution < 1.29 is 0 Å². The molecule has 0 atom stereocenters. The molecule has 0 saturated carbocycles. The van der Waals surface area contributed by atoms with E-state index in [1.54, 1.807) is 6.21 Å². The van der Waals surface area contributed by atoms with Crippen LogP contribution in [0.25, 0.3) is 0 Å². The molecule has 14 heavy (non-hydrogen) atoms. The highest BCUT2D eigenvalue weighted by Crippen LogP contribution is 2.21. The lowest BCUT2D eigenvalue weighted by atomic mass is 10.1. The standard InChI is InChI=1S/C12H16N2/c1-9(2)14-11(4)12-7-5-6-8-13-10(12)3/h5-6,8H,3,7H2,1-2,4H3/b12-11-. The van der Waals surface area contributed by atoms with E-state index >= 15 is 0 Å². The van der Waals surface area contributed by atoms with Gasteiger partial charge in [-0.3, -0.25) is 9.98 Å². The molecular weight excluding hydrogens is 172 g/mol. The van der Waals surface area contributed by atoms with Crippen LogP contribution in [0.2, 0.25) is 0 Å². The van der Waals surface area contributed by atoms with Gasteiger partial charge in [-0.1, -0.05) is 12.7 Å². The van der Waals surface area contributed by atoms with Crippen LogP contribution in [0.4, 0.5) is 0 Å². The molecule has 1 aliphatic heterocycles. The molecule has 1 heterocycles. The quantitative estimate of drug-likeness (QED) is 0.564. The first-order valence-electron chi connectivity index (χ1n) is 4.71. The van der Waals surface area contributed by atoms with Gasteiger partial charge >= 0.3 is 0 Å². The van der Waals surface area contributed by atoms with E-state index in [1.807, 2.05) is 26.8 Å². The average molecular weight is 188 g/mol. The minimum absolute atomic E-state index is 0.817. The van der Waals surface area contributed by atoms with E-state index in [9.17, 15) is 0 Å². The summed E-state index contributed by atoms with van der Waals surface area (Å²) in [6.07, 6.45) is 6.64. The van der Waals surface area contributed by atoms with Crippen LogP contribution in [0.3, 0.4) is 0 Å². The Kier molecular flexibility index (Phi) is 3.57. The fraction of sp³-hybridized carbons (Fsp3) is 0.333. The first kappa shape index (κ1) is 10.6. The molecule has 0 radical (unpaired) electrons. The molecule has 1 aliphatic rings.